The molecule has 1 spiro atoms. The predicted octanol–water partition coefficient (Wildman–Crippen LogP) is 4.14. The van der Waals surface area contributed by atoms with E-state index in [4.69, 9.17) is 0 Å². The lowest BCUT2D eigenvalue weighted by atomic mass is 9.74. The van der Waals surface area contributed by atoms with Gasteiger partial charge in [0.15, 0.2) is 0 Å². The number of amides is 1. The number of nitrogens with zero attached hydrogens (tertiary/aromatic N) is 2. The normalized spacial score (nSPS) is 29.4. The summed E-state index contributed by atoms with van der Waals surface area (Å²) < 4.78 is 0. The molecule has 2 aromatic rings. The molecule has 0 radical (unpaired) electrons. The van der Waals surface area contributed by atoms with Crippen molar-refractivity contribution in [2.45, 2.75) is 37.8 Å². The van der Waals surface area contributed by atoms with E-state index in [-0.39, 0.29) is 11.9 Å². The number of hydrogen-bond acceptors (Lipinski definition) is 2. The summed E-state index contributed by atoms with van der Waals surface area (Å²) in [4.78, 5) is 18.4. The van der Waals surface area contributed by atoms with Crippen molar-refractivity contribution in [1.29, 1.82) is 0 Å². The molecule has 0 aromatic heterocycles. The standard InChI is InChI=1S/C24H26N2O/c1-2-18-12-13-22-24(14-15-25(22)16-18)20-10-6-7-11-21(20)26(23(24)27)17-19-8-4-3-5-9-19/h3-13,18,22H,2,14-17H2,1H3/t18-,22?,24+/m0/s1. The molecule has 1 unspecified atom stereocenters. The van der Waals surface area contributed by atoms with Gasteiger partial charge in [0.05, 0.1) is 12.0 Å². The van der Waals surface area contributed by atoms with E-state index in [2.05, 4.69) is 60.4 Å². The van der Waals surface area contributed by atoms with E-state index in [1.165, 1.54) is 11.1 Å². The van der Waals surface area contributed by atoms with Gasteiger partial charge in [-0.25, -0.2) is 0 Å². The van der Waals surface area contributed by atoms with Crippen LogP contribution in [-0.2, 0) is 16.8 Å². The highest BCUT2D eigenvalue weighted by atomic mass is 16.2. The zero-order valence-electron chi connectivity index (χ0n) is 15.8. The molecule has 1 fully saturated rings. The van der Waals surface area contributed by atoms with Crippen molar-refractivity contribution < 1.29 is 4.79 Å². The molecule has 3 atom stereocenters. The fourth-order valence-electron chi connectivity index (χ4n) is 5.30. The quantitative estimate of drug-likeness (QED) is 0.770. The number of benzene rings is 2. The van der Waals surface area contributed by atoms with Crippen molar-refractivity contribution in [2.24, 2.45) is 5.92 Å². The maximum atomic E-state index is 13.9. The van der Waals surface area contributed by atoms with Gasteiger partial charge in [-0.15, -0.1) is 0 Å². The summed E-state index contributed by atoms with van der Waals surface area (Å²) in [6.45, 7) is 4.98. The summed E-state index contributed by atoms with van der Waals surface area (Å²) in [5, 5.41) is 0. The molecule has 3 heteroatoms. The Balaban J connectivity index is 1.57. The molecule has 0 saturated carbocycles. The fourth-order valence-corrected chi connectivity index (χ4v) is 5.30. The monoisotopic (exact) mass is 358 g/mol. The Morgan fingerprint density at radius 2 is 1.81 bits per heavy atom. The maximum absolute atomic E-state index is 13.9. The first-order valence-corrected chi connectivity index (χ1v) is 10.1. The predicted molar refractivity (Wildman–Crippen MR) is 109 cm³/mol. The van der Waals surface area contributed by atoms with Crippen molar-refractivity contribution in [2.75, 3.05) is 18.0 Å². The molecule has 1 amide bonds. The van der Waals surface area contributed by atoms with Crippen molar-refractivity contribution in [3.8, 4) is 0 Å². The topological polar surface area (TPSA) is 23.6 Å². The van der Waals surface area contributed by atoms with Gasteiger partial charge >= 0.3 is 0 Å². The first kappa shape index (κ1) is 16.8. The lowest BCUT2D eigenvalue weighted by molar-refractivity contribution is -0.123. The number of anilines is 1. The second-order valence-corrected chi connectivity index (χ2v) is 8.11. The largest absolute Gasteiger partial charge is 0.307 e. The Morgan fingerprint density at radius 3 is 2.63 bits per heavy atom. The molecule has 3 heterocycles. The summed E-state index contributed by atoms with van der Waals surface area (Å²) in [6, 6.07) is 19.0. The Kier molecular flexibility index (Phi) is 3.94. The van der Waals surface area contributed by atoms with Gasteiger partial charge < -0.3 is 4.90 Å². The van der Waals surface area contributed by atoms with Crippen LogP contribution >= 0.6 is 0 Å². The number of hydrogen-bond donors (Lipinski definition) is 0. The van der Waals surface area contributed by atoms with Crippen molar-refractivity contribution in [3.63, 3.8) is 0 Å². The molecule has 0 aliphatic carbocycles. The highest BCUT2D eigenvalue weighted by Gasteiger charge is 2.59. The summed E-state index contributed by atoms with van der Waals surface area (Å²) in [5.41, 5.74) is 3.08. The Hall–Kier alpha value is -2.39. The average Bonchev–Trinajstić information content (AvgIpc) is 3.21. The van der Waals surface area contributed by atoms with Crippen molar-refractivity contribution >= 4 is 11.6 Å². The van der Waals surface area contributed by atoms with Crippen LogP contribution in [0, 0.1) is 5.92 Å². The smallest absolute Gasteiger partial charge is 0.240 e. The first-order valence-electron chi connectivity index (χ1n) is 10.1. The van der Waals surface area contributed by atoms with Crippen LogP contribution in [-0.4, -0.2) is 29.9 Å². The number of para-hydroxylation sites is 1. The van der Waals surface area contributed by atoms with E-state index < -0.39 is 5.41 Å². The number of rotatable bonds is 3. The third-order valence-corrected chi connectivity index (χ3v) is 6.74. The van der Waals surface area contributed by atoms with Gasteiger partial charge in [0.1, 0.15) is 0 Å². The van der Waals surface area contributed by atoms with Gasteiger partial charge in [-0.1, -0.05) is 67.6 Å². The molecule has 5 rings (SSSR count). The van der Waals surface area contributed by atoms with E-state index in [1.807, 2.05) is 23.1 Å². The minimum Gasteiger partial charge on any atom is -0.307 e. The Labute approximate surface area is 161 Å². The number of carbonyl (C=O) groups is 1. The molecule has 0 bridgehead atoms. The minimum atomic E-state index is -0.416. The van der Waals surface area contributed by atoms with Crippen LogP contribution in [0.1, 0.15) is 30.9 Å². The van der Waals surface area contributed by atoms with Gasteiger partial charge in [0.25, 0.3) is 0 Å². The van der Waals surface area contributed by atoms with Crippen LogP contribution in [0.15, 0.2) is 66.7 Å². The Morgan fingerprint density at radius 1 is 1.04 bits per heavy atom. The zero-order valence-corrected chi connectivity index (χ0v) is 15.8. The molecule has 27 heavy (non-hydrogen) atoms. The van der Waals surface area contributed by atoms with Crippen LogP contribution in [0.3, 0.4) is 0 Å². The van der Waals surface area contributed by atoms with E-state index >= 15 is 0 Å². The van der Waals surface area contributed by atoms with E-state index in [1.54, 1.807) is 0 Å². The van der Waals surface area contributed by atoms with Gasteiger partial charge in [-0.2, -0.15) is 0 Å². The maximum Gasteiger partial charge on any atom is 0.240 e. The van der Waals surface area contributed by atoms with Crippen LogP contribution in [0.25, 0.3) is 0 Å². The zero-order chi connectivity index (χ0) is 18.4. The van der Waals surface area contributed by atoms with Crippen LogP contribution in [0.5, 0.6) is 0 Å². The lowest BCUT2D eigenvalue weighted by Crippen LogP contribution is -2.50. The third kappa shape index (κ3) is 2.41. The molecule has 1 saturated heterocycles. The summed E-state index contributed by atoms with van der Waals surface area (Å²) in [6.07, 6.45) is 6.76. The van der Waals surface area contributed by atoms with E-state index in [0.717, 1.165) is 31.6 Å². The van der Waals surface area contributed by atoms with Crippen molar-refractivity contribution in [1.82, 2.24) is 4.90 Å². The van der Waals surface area contributed by atoms with Gasteiger partial charge in [0.2, 0.25) is 5.91 Å². The van der Waals surface area contributed by atoms with E-state index in [9.17, 15) is 4.79 Å². The van der Waals surface area contributed by atoms with Crippen LogP contribution in [0.4, 0.5) is 5.69 Å². The second kappa shape index (κ2) is 6.35. The summed E-state index contributed by atoms with van der Waals surface area (Å²) >= 11 is 0. The number of carbonyl (C=O) groups excluding carboxylic acids is 1. The molecule has 138 valence electrons. The van der Waals surface area contributed by atoms with Crippen LogP contribution < -0.4 is 4.90 Å². The van der Waals surface area contributed by atoms with Gasteiger partial charge in [0, 0.05) is 24.8 Å². The SMILES string of the molecule is CC[C@H]1C=CC2N(CC[C@]23C(=O)N(Cc2ccccc2)c2ccccc23)C1. The molecule has 3 aliphatic heterocycles. The molecule has 2 aromatic carbocycles. The van der Waals surface area contributed by atoms with Crippen molar-refractivity contribution in [3.05, 3.63) is 77.9 Å². The Bertz CT molecular complexity index is 890. The van der Waals surface area contributed by atoms with Gasteiger partial charge in [-0.05, 0) is 36.0 Å². The number of fused-ring (bicyclic) bond motifs is 4. The fraction of sp³-hybridized carbons (Fsp3) is 0.375. The van der Waals surface area contributed by atoms with Gasteiger partial charge in [-0.3, -0.25) is 9.69 Å². The summed E-state index contributed by atoms with van der Waals surface area (Å²) in [7, 11) is 0. The molecule has 0 N–H and O–H groups in total. The second-order valence-electron chi connectivity index (χ2n) is 8.11. The molecular weight excluding hydrogens is 332 g/mol. The first-order chi connectivity index (χ1) is 13.2. The minimum absolute atomic E-state index is 0.190. The molecule has 3 aliphatic rings. The molecule has 3 nitrogen and oxygen atoms in total. The highest BCUT2D eigenvalue weighted by Crippen LogP contribution is 2.52. The van der Waals surface area contributed by atoms with E-state index in [0.29, 0.717) is 12.5 Å². The average molecular weight is 358 g/mol. The lowest BCUT2D eigenvalue weighted by Gasteiger charge is -2.37. The third-order valence-electron chi connectivity index (χ3n) is 6.74. The highest BCUT2D eigenvalue weighted by molar-refractivity contribution is 6.09. The summed E-state index contributed by atoms with van der Waals surface area (Å²) in [5.74, 6) is 0.892. The van der Waals surface area contributed by atoms with Crippen LogP contribution in [0.2, 0.25) is 0 Å². The molecular formula is C24H26N2O.